The van der Waals surface area contributed by atoms with Gasteiger partial charge in [0.25, 0.3) is 0 Å². The first-order valence-corrected chi connectivity index (χ1v) is 5.46. The highest BCUT2D eigenvalue weighted by Crippen LogP contribution is 2.28. The number of nitrogens with one attached hydrogen (secondary N) is 1. The van der Waals surface area contributed by atoms with Gasteiger partial charge in [0.15, 0.2) is 0 Å². The van der Waals surface area contributed by atoms with E-state index in [9.17, 15) is 0 Å². The van der Waals surface area contributed by atoms with Crippen LogP contribution in [0.5, 0.6) is 0 Å². The maximum atomic E-state index is 5.49. The number of aromatic nitrogens is 2. The monoisotopic (exact) mass is 207 g/mol. The van der Waals surface area contributed by atoms with Crippen molar-refractivity contribution in [3.63, 3.8) is 0 Å². The second-order valence-electron chi connectivity index (χ2n) is 4.01. The lowest BCUT2D eigenvalue weighted by Crippen LogP contribution is -2.11. The Bertz CT molecular complexity index is 295. The quantitative estimate of drug-likeness (QED) is 0.720. The zero-order valence-electron chi connectivity index (χ0n) is 9.07. The van der Waals surface area contributed by atoms with Gasteiger partial charge in [-0.1, -0.05) is 0 Å². The average molecular weight is 207 g/mol. The summed E-state index contributed by atoms with van der Waals surface area (Å²) in [6.07, 6.45) is 2.69. The van der Waals surface area contributed by atoms with E-state index in [-0.39, 0.29) is 0 Å². The van der Waals surface area contributed by atoms with E-state index < -0.39 is 0 Å². The van der Waals surface area contributed by atoms with E-state index in [0.29, 0.717) is 0 Å². The lowest BCUT2D eigenvalue weighted by Gasteiger charge is -2.05. The molecule has 4 nitrogen and oxygen atoms in total. The first-order chi connectivity index (χ1) is 7.34. The molecule has 0 bridgehead atoms. The fraction of sp³-hybridized carbons (Fsp3) is 0.636. The van der Waals surface area contributed by atoms with Gasteiger partial charge in [0.2, 0.25) is 0 Å². The highest BCUT2D eigenvalue weighted by molar-refractivity contribution is 5.32. The third-order valence-corrected chi connectivity index (χ3v) is 2.40. The van der Waals surface area contributed by atoms with Crippen LogP contribution in [0.25, 0.3) is 0 Å². The van der Waals surface area contributed by atoms with E-state index in [1.165, 1.54) is 12.8 Å². The van der Waals surface area contributed by atoms with Crippen molar-refractivity contribution in [2.45, 2.75) is 19.8 Å². The Hall–Kier alpha value is -1.16. The molecule has 1 N–H and O–H groups in total. The molecule has 1 aliphatic carbocycles. The summed E-state index contributed by atoms with van der Waals surface area (Å²) in [7, 11) is 0. The number of anilines is 1. The zero-order chi connectivity index (χ0) is 10.5. The van der Waals surface area contributed by atoms with E-state index in [0.717, 1.165) is 37.2 Å². The van der Waals surface area contributed by atoms with E-state index in [1.807, 2.05) is 19.1 Å². The summed E-state index contributed by atoms with van der Waals surface area (Å²) in [5, 5.41) is 11.1. The Balaban J connectivity index is 1.58. The summed E-state index contributed by atoms with van der Waals surface area (Å²) >= 11 is 0. The first-order valence-electron chi connectivity index (χ1n) is 5.46. The molecule has 4 heteroatoms. The number of hydrogen-bond donors (Lipinski definition) is 1. The summed E-state index contributed by atoms with van der Waals surface area (Å²) in [5.74, 6) is 1.65. The van der Waals surface area contributed by atoms with E-state index in [2.05, 4.69) is 15.5 Å². The number of rotatable bonds is 6. The molecule has 0 atom stereocenters. The van der Waals surface area contributed by atoms with Gasteiger partial charge >= 0.3 is 0 Å². The fourth-order valence-electron chi connectivity index (χ4n) is 1.28. The molecule has 1 heterocycles. The minimum absolute atomic E-state index is 0.742. The van der Waals surface area contributed by atoms with Crippen LogP contribution in [0, 0.1) is 12.8 Å². The third kappa shape index (κ3) is 3.83. The molecule has 1 fully saturated rings. The van der Waals surface area contributed by atoms with Crippen molar-refractivity contribution in [1.82, 2.24) is 10.2 Å². The van der Waals surface area contributed by atoms with Crippen molar-refractivity contribution in [1.29, 1.82) is 0 Å². The summed E-state index contributed by atoms with van der Waals surface area (Å²) in [5.41, 5.74) is 0.936. The van der Waals surface area contributed by atoms with Crippen molar-refractivity contribution in [3.8, 4) is 0 Å². The molecular weight excluding hydrogens is 190 g/mol. The molecule has 15 heavy (non-hydrogen) atoms. The molecule has 0 aliphatic heterocycles. The van der Waals surface area contributed by atoms with Crippen LogP contribution in [0.4, 0.5) is 5.82 Å². The topological polar surface area (TPSA) is 47.0 Å². The van der Waals surface area contributed by atoms with Crippen molar-refractivity contribution >= 4 is 5.82 Å². The van der Waals surface area contributed by atoms with E-state index in [1.54, 1.807) is 0 Å². The lowest BCUT2D eigenvalue weighted by atomic mass is 10.4. The van der Waals surface area contributed by atoms with Crippen LogP contribution in [0.1, 0.15) is 18.5 Å². The summed E-state index contributed by atoms with van der Waals surface area (Å²) in [6.45, 7) is 4.38. The van der Waals surface area contributed by atoms with Gasteiger partial charge in [0, 0.05) is 13.2 Å². The summed E-state index contributed by atoms with van der Waals surface area (Å²) < 4.78 is 5.49. The zero-order valence-corrected chi connectivity index (χ0v) is 9.07. The summed E-state index contributed by atoms with van der Waals surface area (Å²) in [6, 6.07) is 3.88. The molecule has 82 valence electrons. The predicted molar refractivity (Wildman–Crippen MR) is 58.8 cm³/mol. The molecule has 0 unspecified atom stereocenters. The van der Waals surface area contributed by atoms with Gasteiger partial charge in [-0.15, -0.1) is 5.10 Å². The number of ether oxygens (including phenoxy) is 1. The van der Waals surface area contributed by atoms with Crippen LogP contribution in [0.3, 0.4) is 0 Å². The highest BCUT2D eigenvalue weighted by Gasteiger charge is 2.20. The van der Waals surface area contributed by atoms with E-state index >= 15 is 0 Å². The second kappa shape index (κ2) is 5.07. The Morgan fingerprint density at radius 2 is 2.27 bits per heavy atom. The Morgan fingerprint density at radius 1 is 1.40 bits per heavy atom. The largest absolute Gasteiger partial charge is 0.379 e. The Labute approximate surface area is 90.1 Å². The molecule has 0 spiro atoms. The summed E-state index contributed by atoms with van der Waals surface area (Å²) in [4.78, 5) is 0. The van der Waals surface area contributed by atoms with Gasteiger partial charge in [-0.05, 0) is 37.8 Å². The van der Waals surface area contributed by atoms with Crippen LogP contribution in [0.2, 0.25) is 0 Å². The number of nitrogens with zero attached hydrogens (tertiary/aromatic N) is 2. The second-order valence-corrected chi connectivity index (χ2v) is 4.01. The predicted octanol–water partition coefficient (Wildman–Crippen LogP) is 1.62. The molecule has 2 rings (SSSR count). The van der Waals surface area contributed by atoms with Gasteiger partial charge in [0.1, 0.15) is 5.82 Å². The minimum atomic E-state index is 0.742. The maximum Gasteiger partial charge on any atom is 0.148 e. The van der Waals surface area contributed by atoms with Crippen molar-refractivity contribution in [3.05, 3.63) is 17.8 Å². The van der Waals surface area contributed by atoms with Crippen molar-refractivity contribution in [2.24, 2.45) is 5.92 Å². The van der Waals surface area contributed by atoms with Crippen LogP contribution < -0.4 is 5.32 Å². The Morgan fingerprint density at radius 3 is 2.93 bits per heavy atom. The third-order valence-electron chi connectivity index (χ3n) is 2.40. The van der Waals surface area contributed by atoms with Crippen molar-refractivity contribution in [2.75, 3.05) is 25.1 Å². The molecule has 1 aliphatic rings. The SMILES string of the molecule is Cc1ccc(NCCOCC2CC2)nn1. The van der Waals surface area contributed by atoms with Gasteiger partial charge in [-0.2, -0.15) is 5.10 Å². The average Bonchev–Trinajstić information content (AvgIpc) is 3.04. The number of aryl methyl sites for hydroxylation is 1. The van der Waals surface area contributed by atoms with Crippen LogP contribution in [-0.4, -0.2) is 30.0 Å². The van der Waals surface area contributed by atoms with Gasteiger partial charge < -0.3 is 10.1 Å². The van der Waals surface area contributed by atoms with Gasteiger partial charge in [0.05, 0.1) is 12.3 Å². The highest BCUT2D eigenvalue weighted by atomic mass is 16.5. The molecule has 1 saturated carbocycles. The van der Waals surface area contributed by atoms with E-state index in [4.69, 9.17) is 4.74 Å². The van der Waals surface area contributed by atoms with Gasteiger partial charge in [-0.25, -0.2) is 0 Å². The normalized spacial score (nSPS) is 15.3. The lowest BCUT2D eigenvalue weighted by molar-refractivity contribution is 0.134. The van der Waals surface area contributed by atoms with Crippen LogP contribution in [0.15, 0.2) is 12.1 Å². The molecule has 0 saturated heterocycles. The fourth-order valence-corrected chi connectivity index (χ4v) is 1.28. The first kappa shape index (κ1) is 10.4. The smallest absolute Gasteiger partial charge is 0.148 e. The van der Waals surface area contributed by atoms with Crippen LogP contribution >= 0.6 is 0 Å². The molecule has 0 amide bonds. The van der Waals surface area contributed by atoms with Gasteiger partial charge in [-0.3, -0.25) is 0 Å². The molecular formula is C11H17N3O. The molecule has 0 aromatic carbocycles. The van der Waals surface area contributed by atoms with Crippen molar-refractivity contribution < 1.29 is 4.74 Å². The Kier molecular flexibility index (Phi) is 3.50. The standard InChI is InChI=1S/C11H17N3O/c1-9-2-5-11(14-13-9)12-6-7-15-8-10-3-4-10/h2,5,10H,3-4,6-8H2,1H3,(H,12,14). The minimum Gasteiger partial charge on any atom is -0.379 e. The molecule has 0 radical (unpaired) electrons. The van der Waals surface area contributed by atoms with Crippen LogP contribution in [-0.2, 0) is 4.74 Å². The maximum absolute atomic E-state index is 5.49. The number of hydrogen-bond acceptors (Lipinski definition) is 4. The molecule has 1 aromatic heterocycles. The molecule has 1 aromatic rings.